The summed E-state index contributed by atoms with van der Waals surface area (Å²) in [5.41, 5.74) is 1.82. The quantitative estimate of drug-likeness (QED) is 0.900. The van der Waals surface area contributed by atoms with Crippen LogP contribution in [0.15, 0.2) is 24.3 Å². The lowest BCUT2D eigenvalue weighted by atomic mass is 10.1. The molecule has 1 aromatic rings. The molecule has 1 atom stereocenters. The smallest absolute Gasteiger partial charge is 0.253 e. The van der Waals surface area contributed by atoms with Crippen LogP contribution in [0.2, 0.25) is 0 Å². The summed E-state index contributed by atoms with van der Waals surface area (Å²) in [5, 5.41) is 3.38. The molecule has 0 spiro atoms. The topological polar surface area (TPSA) is 44.8 Å². The van der Waals surface area contributed by atoms with E-state index in [9.17, 15) is 4.79 Å². The molecule has 2 heterocycles. The molecule has 1 aromatic carbocycles. The lowest BCUT2D eigenvalue weighted by Gasteiger charge is -2.32. The summed E-state index contributed by atoms with van der Waals surface area (Å²) in [4.78, 5) is 17.2. The van der Waals surface area contributed by atoms with E-state index in [1.807, 2.05) is 29.2 Å². The highest BCUT2D eigenvalue weighted by atomic mass is 35.5. The highest BCUT2D eigenvalue weighted by Gasteiger charge is 2.31. The van der Waals surface area contributed by atoms with Crippen LogP contribution in [0.4, 0.5) is 0 Å². The summed E-state index contributed by atoms with van der Waals surface area (Å²) >= 11 is 0. The Kier molecular flexibility index (Phi) is 6.84. The zero-order chi connectivity index (χ0) is 15.4. The molecule has 3 rings (SSSR count). The Balaban J connectivity index is 0.00000192. The van der Waals surface area contributed by atoms with Gasteiger partial charge in [0.25, 0.3) is 5.91 Å². The van der Waals surface area contributed by atoms with Gasteiger partial charge in [-0.05, 0) is 24.1 Å². The third-order valence-corrected chi connectivity index (χ3v) is 4.60. The van der Waals surface area contributed by atoms with Gasteiger partial charge in [-0.3, -0.25) is 9.69 Å². The van der Waals surface area contributed by atoms with Crippen molar-refractivity contribution in [1.82, 2.24) is 15.1 Å². The number of hydrogen-bond acceptors (Lipinski definition) is 4. The van der Waals surface area contributed by atoms with Crippen molar-refractivity contribution in [3.8, 4) is 0 Å². The van der Waals surface area contributed by atoms with Gasteiger partial charge >= 0.3 is 0 Å². The second kappa shape index (κ2) is 8.64. The molecule has 2 aliphatic rings. The molecule has 23 heavy (non-hydrogen) atoms. The largest absolute Gasteiger partial charge is 0.380 e. The van der Waals surface area contributed by atoms with Crippen molar-refractivity contribution in [2.45, 2.75) is 19.1 Å². The number of amides is 1. The summed E-state index contributed by atoms with van der Waals surface area (Å²) in [6, 6.07) is 8.30. The van der Waals surface area contributed by atoms with Gasteiger partial charge in [0.15, 0.2) is 0 Å². The molecule has 1 unspecified atom stereocenters. The van der Waals surface area contributed by atoms with Crippen LogP contribution in [0.5, 0.6) is 0 Å². The molecule has 2 saturated heterocycles. The number of nitrogens with one attached hydrogen (secondary N) is 1. The molecule has 6 heteroatoms. The number of hydrogen-bond donors (Lipinski definition) is 1. The summed E-state index contributed by atoms with van der Waals surface area (Å²) in [7, 11) is 1.67. The molecular weight excluding hydrogens is 314 g/mol. The number of likely N-dealkylation sites (tertiary alicyclic amines) is 1. The molecule has 2 aliphatic heterocycles. The predicted molar refractivity (Wildman–Crippen MR) is 93.2 cm³/mol. The molecule has 0 saturated carbocycles. The summed E-state index contributed by atoms with van der Waals surface area (Å²) in [5.74, 6) is 0.149. The summed E-state index contributed by atoms with van der Waals surface area (Å²) in [6.45, 7) is 6.57. The van der Waals surface area contributed by atoms with Gasteiger partial charge in [-0.2, -0.15) is 0 Å². The molecule has 1 amide bonds. The average Bonchev–Trinajstić information content (AvgIpc) is 3.05. The van der Waals surface area contributed by atoms with Gasteiger partial charge in [0.05, 0.1) is 6.61 Å². The van der Waals surface area contributed by atoms with E-state index in [1.54, 1.807) is 7.11 Å². The van der Waals surface area contributed by atoms with E-state index in [0.717, 1.165) is 56.8 Å². The number of ether oxygens (including phenoxy) is 1. The van der Waals surface area contributed by atoms with Gasteiger partial charge < -0.3 is 15.0 Å². The van der Waals surface area contributed by atoms with Gasteiger partial charge in [0.2, 0.25) is 0 Å². The standard InChI is InChI=1S/C17H25N3O2.ClH/c1-22-13-14-3-2-4-15(11-14)17(21)20-8-5-16(12-20)19-9-6-18-7-10-19;/h2-4,11,16,18H,5-10,12-13H2,1H3;1H. The second-order valence-corrected chi connectivity index (χ2v) is 6.11. The highest BCUT2D eigenvalue weighted by Crippen LogP contribution is 2.19. The minimum absolute atomic E-state index is 0. The van der Waals surface area contributed by atoms with Crippen molar-refractivity contribution in [3.63, 3.8) is 0 Å². The number of rotatable bonds is 4. The van der Waals surface area contributed by atoms with Crippen LogP contribution in [-0.4, -0.2) is 68.1 Å². The molecule has 1 N–H and O–H groups in total. The van der Waals surface area contributed by atoms with E-state index in [-0.39, 0.29) is 18.3 Å². The van der Waals surface area contributed by atoms with Gasteiger partial charge in [-0.1, -0.05) is 12.1 Å². The van der Waals surface area contributed by atoms with Crippen molar-refractivity contribution >= 4 is 18.3 Å². The first-order valence-electron chi connectivity index (χ1n) is 8.10. The van der Waals surface area contributed by atoms with E-state index >= 15 is 0 Å². The molecule has 2 fully saturated rings. The third kappa shape index (κ3) is 4.44. The monoisotopic (exact) mass is 339 g/mol. The Labute approximate surface area is 144 Å². The van der Waals surface area contributed by atoms with Crippen molar-refractivity contribution in [1.29, 1.82) is 0 Å². The first-order valence-corrected chi connectivity index (χ1v) is 8.10. The summed E-state index contributed by atoms with van der Waals surface area (Å²) in [6.07, 6.45) is 1.09. The fourth-order valence-corrected chi connectivity index (χ4v) is 3.41. The molecule has 0 aromatic heterocycles. The number of piperazine rings is 1. The number of carbonyl (C=O) groups is 1. The van der Waals surface area contributed by atoms with Crippen molar-refractivity contribution in [2.24, 2.45) is 0 Å². The zero-order valence-electron chi connectivity index (χ0n) is 13.7. The Bertz CT molecular complexity index is 520. The molecule has 0 aliphatic carbocycles. The molecule has 0 bridgehead atoms. The minimum atomic E-state index is 0. The number of benzene rings is 1. The number of methoxy groups -OCH3 is 1. The van der Waals surface area contributed by atoms with Crippen LogP contribution in [-0.2, 0) is 11.3 Å². The first kappa shape index (κ1) is 18.2. The Morgan fingerprint density at radius 1 is 1.30 bits per heavy atom. The van der Waals surface area contributed by atoms with Gasteiger partial charge in [0, 0.05) is 58.0 Å². The molecular formula is C17H26ClN3O2. The fraction of sp³-hybridized carbons (Fsp3) is 0.588. The maximum atomic E-state index is 12.7. The van der Waals surface area contributed by atoms with E-state index in [2.05, 4.69) is 10.2 Å². The van der Waals surface area contributed by atoms with Crippen molar-refractivity contribution in [3.05, 3.63) is 35.4 Å². The van der Waals surface area contributed by atoms with Gasteiger partial charge in [-0.25, -0.2) is 0 Å². The van der Waals surface area contributed by atoms with Gasteiger partial charge in [-0.15, -0.1) is 12.4 Å². The number of carbonyl (C=O) groups excluding carboxylic acids is 1. The van der Waals surface area contributed by atoms with Crippen LogP contribution in [0.25, 0.3) is 0 Å². The van der Waals surface area contributed by atoms with Gasteiger partial charge in [0.1, 0.15) is 0 Å². The van der Waals surface area contributed by atoms with Crippen LogP contribution in [0, 0.1) is 0 Å². The zero-order valence-corrected chi connectivity index (χ0v) is 14.5. The van der Waals surface area contributed by atoms with E-state index in [1.165, 1.54) is 0 Å². The van der Waals surface area contributed by atoms with Crippen LogP contribution < -0.4 is 5.32 Å². The minimum Gasteiger partial charge on any atom is -0.380 e. The normalized spacial score (nSPS) is 22.0. The lowest BCUT2D eigenvalue weighted by molar-refractivity contribution is 0.0773. The van der Waals surface area contributed by atoms with E-state index < -0.39 is 0 Å². The maximum Gasteiger partial charge on any atom is 0.253 e. The lowest BCUT2D eigenvalue weighted by Crippen LogP contribution is -2.49. The molecule has 5 nitrogen and oxygen atoms in total. The van der Waals surface area contributed by atoms with Crippen LogP contribution in [0.1, 0.15) is 22.3 Å². The van der Waals surface area contributed by atoms with Crippen LogP contribution in [0.3, 0.4) is 0 Å². The Morgan fingerprint density at radius 2 is 2.09 bits per heavy atom. The van der Waals surface area contributed by atoms with Crippen molar-refractivity contribution in [2.75, 3.05) is 46.4 Å². The molecule has 128 valence electrons. The SMILES string of the molecule is COCc1cccc(C(=O)N2CCC(N3CCNCC3)C2)c1.Cl. The predicted octanol–water partition coefficient (Wildman–Crippen LogP) is 1.37. The Morgan fingerprint density at radius 3 is 2.83 bits per heavy atom. The fourth-order valence-electron chi connectivity index (χ4n) is 3.41. The maximum absolute atomic E-state index is 12.7. The first-order chi connectivity index (χ1) is 10.8. The van der Waals surface area contributed by atoms with E-state index in [4.69, 9.17) is 4.74 Å². The highest BCUT2D eigenvalue weighted by molar-refractivity contribution is 5.94. The Hall–Kier alpha value is -1.14. The average molecular weight is 340 g/mol. The number of nitrogens with zero attached hydrogens (tertiary/aromatic N) is 2. The number of halogens is 1. The second-order valence-electron chi connectivity index (χ2n) is 6.11. The van der Waals surface area contributed by atoms with E-state index in [0.29, 0.717) is 12.6 Å². The molecule has 0 radical (unpaired) electrons. The van der Waals surface area contributed by atoms with Crippen LogP contribution >= 0.6 is 12.4 Å². The summed E-state index contributed by atoms with van der Waals surface area (Å²) < 4.78 is 5.15. The van der Waals surface area contributed by atoms with Crippen molar-refractivity contribution < 1.29 is 9.53 Å². The third-order valence-electron chi connectivity index (χ3n) is 4.60.